The Morgan fingerprint density at radius 2 is 1.76 bits per heavy atom. The first-order valence-corrected chi connectivity index (χ1v) is 14.2. The van der Waals surface area contributed by atoms with Crippen LogP contribution in [-0.2, 0) is 10.0 Å². The lowest BCUT2D eigenvalue weighted by molar-refractivity contribution is 0.0689. The van der Waals surface area contributed by atoms with Crippen molar-refractivity contribution < 1.29 is 32.2 Å². The summed E-state index contributed by atoms with van der Waals surface area (Å²) in [5, 5.41) is 16.5. The van der Waals surface area contributed by atoms with E-state index in [2.05, 4.69) is 15.1 Å². The van der Waals surface area contributed by atoms with E-state index < -0.39 is 33.8 Å². The normalized spacial score (nSPS) is 12.1. The number of carboxylic acid groups (broad SMARTS) is 1. The fourth-order valence-corrected chi connectivity index (χ4v) is 5.46. The highest BCUT2D eigenvalue weighted by molar-refractivity contribution is 7.89. The van der Waals surface area contributed by atoms with E-state index in [9.17, 15) is 27.5 Å². The standard InChI is InChI=1S/C29H29FN4O6S/c1-5-18(3)33-41(38,39)25-16-21(31-27(35)23-9-7-6-8-17(23)2)12-15-24(25)40-28-19(4)26(29(36)37)32-34(28)22-13-10-20(30)11-14-22/h6-16,18,33H,5H2,1-4H3,(H,31,35)(H,36,37). The molecule has 1 heterocycles. The number of carboxylic acids is 1. The third kappa shape index (κ3) is 6.44. The molecule has 41 heavy (non-hydrogen) atoms. The summed E-state index contributed by atoms with van der Waals surface area (Å²) in [4.78, 5) is 24.5. The molecule has 214 valence electrons. The number of sulfonamides is 1. The molecule has 12 heteroatoms. The molecule has 0 aliphatic rings. The lowest BCUT2D eigenvalue weighted by Gasteiger charge is -2.18. The van der Waals surface area contributed by atoms with Crippen molar-refractivity contribution in [3.05, 3.63) is 94.9 Å². The number of hydrogen-bond donors (Lipinski definition) is 3. The van der Waals surface area contributed by atoms with Crippen molar-refractivity contribution in [3.63, 3.8) is 0 Å². The van der Waals surface area contributed by atoms with Gasteiger partial charge in [-0.2, -0.15) is 9.78 Å². The Morgan fingerprint density at radius 1 is 1.07 bits per heavy atom. The molecule has 0 spiro atoms. The van der Waals surface area contributed by atoms with E-state index in [4.69, 9.17) is 4.74 Å². The number of ether oxygens (including phenoxy) is 1. The van der Waals surface area contributed by atoms with Crippen molar-refractivity contribution in [2.24, 2.45) is 0 Å². The summed E-state index contributed by atoms with van der Waals surface area (Å²) in [5.74, 6) is -2.48. The Morgan fingerprint density at radius 3 is 2.39 bits per heavy atom. The number of nitrogens with one attached hydrogen (secondary N) is 2. The third-order valence-corrected chi connectivity index (χ3v) is 8.01. The van der Waals surface area contributed by atoms with E-state index in [1.54, 1.807) is 38.1 Å². The fraction of sp³-hybridized carbons (Fsp3) is 0.207. The minimum atomic E-state index is -4.18. The first-order valence-electron chi connectivity index (χ1n) is 12.7. The largest absolute Gasteiger partial charge is 0.476 e. The molecule has 4 aromatic rings. The van der Waals surface area contributed by atoms with Crippen LogP contribution in [0.1, 0.15) is 52.2 Å². The van der Waals surface area contributed by atoms with Gasteiger partial charge in [-0.1, -0.05) is 25.1 Å². The Hall–Kier alpha value is -4.55. The minimum Gasteiger partial charge on any atom is -0.476 e. The van der Waals surface area contributed by atoms with Gasteiger partial charge in [-0.25, -0.2) is 22.3 Å². The van der Waals surface area contributed by atoms with Crippen molar-refractivity contribution >= 4 is 27.6 Å². The van der Waals surface area contributed by atoms with Gasteiger partial charge in [0.2, 0.25) is 15.9 Å². The molecule has 0 aliphatic carbocycles. The molecule has 0 radical (unpaired) electrons. The molecule has 1 unspecified atom stereocenters. The average molecular weight is 581 g/mol. The topological polar surface area (TPSA) is 140 Å². The van der Waals surface area contributed by atoms with Crippen molar-refractivity contribution in [1.29, 1.82) is 0 Å². The Kier molecular flexibility index (Phi) is 8.55. The molecule has 0 saturated heterocycles. The number of hydrogen-bond acceptors (Lipinski definition) is 6. The van der Waals surface area contributed by atoms with Gasteiger partial charge in [0.05, 0.1) is 5.69 Å². The first-order chi connectivity index (χ1) is 19.4. The molecule has 0 saturated carbocycles. The zero-order chi connectivity index (χ0) is 29.9. The van der Waals surface area contributed by atoms with Gasteiger partial charge in [-0.05, 0) is 81.3 Å². The monoisotopic (exact) mass is 580 g/mol. The Bertz CT molecular complexity index is 1720. The van der Waals surface area contributed by atoms with E-state index in [1.165, 1.54) is 49.4 Å². The predicted molar refractivity (Wildman–Crippen MR) is 151 cm³/mol. The Labute approximate surface area is 236 Å². The molecule has 4 rings (SSSR count). The van der Waals surface area contributed by atoms with Crippen molar-refractivity contribution in [1.82, 2.24) is 14.5 Å². The summed E-state index contributed by atoms with van der Waals surface area (Å²) in [6.45, 7) is 6.78. The van der Waals surface area contributed by atoms with E-state index >= 15 is 0 Å². The second-order valence-electron chi connectivity index (χ2n) is 9.44. The van der Waals surface area contributed by atoms with Gasteiger partial charge in [0.15, 0.2) is 5.69 Å². The van der Waals surface area contributed by atoms with Crippen LogP contribution in [0.15, 0.2) is 71.6 Å². The molecule has 1 atom stereocenters. The van der Waals surface area contributed by atoms with Gasteiger partial charge in [-0.15, -0.1) is 0 Å². The summed E-state index contributed by atoms with van der Waals surface area (Å²) in [7, 11) is -4.18. The summed E-state index contributed by atoms with van der Waals surface area (Å²) < 4.78 is 50.4. The second-order valence-corrected chi connectivity index (χ2v) is 11.1. The number of benzene rings is 3. The van der Waals surface area contributed by atoms with Crippen molar-refractivity contribution in [3.8, 4) is 17.3 Å². The van der Waals surface area contributed by atoms with E-state index in [0.29, 0.717) is 17.7 Å². The molecule has 1 amide bonds. The molecule has 3 aromatic carbocycles. The molecule has 1 aromatic heterocycles. The molecule has 0 aliphatic heterocycles. The average Bonchev–Trinajstić information content (AvgIpc) is 3.25. The highest BCUT2D eigenvalue weighted by Gasteiger charge is 2.27. The zero-order valence-corrected chi connectivity index (χ0v) is 23.6. The maximum Gasteiger partial charge on any atom is 0.356 e. The highest BCUT2D eigenvalue weighted by Crippen LogP contribution is 2.35. The number of carbonyl (C=O) groups excluding carboxylic acids is 1. The second kappa shape index (κ2) is 11.9. The summed E-state index contributed by atoms with van der Waals surface area (Å²) in [5.41, 5.74) is 1.46. The van der Waals surface area contributed by atoms with Crippen LogP contribution >= 0.6 is 0 Å². The first kappa shape index (κ1) is 29.4. The predicted octanol–water partition coefficient (Wildman–Crippen LogP) is 5.45. The number of rotatable bonds is 10. The number of aryl methyl sites for hydroxylation is 1. The molecule has 3 N–H and O–H groups in total. The van der Waals surface area contributed by atoms with Crippen LogP contribution in [0, 0.1) is 19.7 Å². The fourth-order valence-electron chi connectivity index (χ4n) is 3.98. The molecule has 0 bridgehead atoms. The Balaban J connectivity index is 1.82. The van der Waals surface area contributed by atoms with Crippen LogP contribution in [0.3, 0.4) is 0 Å². The number of carbonyl (C=O) groups is 2. The number of aromatic nitrogens is 2. The smallest absolute Gasteiger partial charge is 0.356 e. The van der Waals surface area contributed by atoms with Gasteiger partial charge in [0.1, 0.15) is 16.5 Å². The number of amides is 1. The van der Waals surface area contributed by atoms with Crippen LogP contribution in [0.5, 0.6) is 11.6 Å². The molecule has 0 fully saturated rings. The van der Waals surface area contributed by atoms with E-state index in [-0.39, 0.29) is 33.5 Å². The minimum absolute atomic E-state index is 0.0781. The van der Waals surface area contributed by atoms with Gasteiger partial charge in [0.25, 0.3) is 5.91 Å². The van der Waals surface area contributed by atoms with Crippen molar-refractivity contribution in [2.75, 3.05) is 5.32 Å². The zero-order valence-electron chi connectivity index (χ0n) is 22.8. The van der Waals surface area contributed by atoms with Crippen molar-refractivity contribution in [2.45, 2.75) is 45.1 Å². The number of halogens is 1. The number of aromatic carboxylic acids is 1. The van der Waals surface area contributed by atoms with Gasteiger partial charge >= 0.3 is 5.97 Å². The van der Waals surface area contributed by atoms with Gasteiger partial charge in [-0.3, -0.25) is 4.79 Å². The summed E-state index contributed by atoms with van der Waals surface area (Å²) in [6.07, 6.45) is 0.511. The molecular weight excluding hydrogens is 551 g/mol. The maximum absolute atomic E-state index is 13.6. The van der Waals surface area contributed by atoms with Gasteiger partial charge in [0, 0.05) is 22.9 Å². The van der Waals surface area contributed by atoms with E-state index in [0.717, 1.165) is 10.2 Å². The maximum atomic E-state index is 13.6. The highest BCUT2D eigenvalue weighted by atomic mass is 32.2. The van der Waals surface area contributed by atoms with Crippen LogP contribution in [0.25, 0.3) is 5.69 Å². The van der Waals surface area contributed by atoms with Crippen LogP contribution in [0.2, 0.25) is 0 Å². The quantitative estimate of drug-likeness (QED) is 0.227. The number of nitrogens with zero attached hydrogens (tertiary/aromatic N) is 2. The van der Waals surface area contributed by atoms with Crippen LogP contribution < -0.4 is 14.8 Å². The summed E-state index contributed by atoms with van der Waals surface area (Å²) in [6, 6.07) is 15.8. The van der Waals surface area contributed by atoms with E-state index in [1.807, 2.05) is 6.92 Å². The summed E-state index contributed by atoms with van der Waals surface area (Å²) >= 11 is 0. The third-order valence-electron chi connectivity index (χ3n) is 6.40. The SMILES string of the molecule is CCC(C)NS(=O)(=O)c1cc(NC(=O)c2ccccc2C)ccc1Oc1c(C)c(C(=O)O)nn1-c1ccc(F)cc1. The van der Waals surface area contributed by atoms with Crippen LogP contribution in [-0.4, -0.2) is 41.2 Å². The van der Waals surface area contributed by atoms with Crippen LogP contribution in [0.4, 0.5) is 10.1 Å². The molecular formula is C29H29FN4O6S. The van der Waals surface area contributed by atoms with Gasteiger partial charge < -0.3 is 15.2 Å². The lowest BCUT2D eigenvalue weighted by atomic mass is 10.1. The molecule has 10 nitrogen and oxygen atoms in total. The lowest BCUT2D eigenvalue weighted by Crippen LogP contribution is -2.32. The number of anilines is 1.